The number of hydrogen-bond donors (Lipinski definition) is 0. The Kier molecular flexibility index (Phi) is 69.0. The molecule has 0 aromatic heterocycles. The van der Waals surface area contributed by atoms with Crippen molar-refractivity contribution in [2.24, 2.45) is 0 Å². The zero-order chi connectivity index (χ0) is 57.1. The Morgan fingerprint density at radius 2 is 0.418 bits per heavy atom. The Labute approximate surface area is 495 Å². The van der Waals surface area contributed by atoms with Crippen LogP contribution in [0, 0.1) is 0 Å². The molecule has 0 aliphatic heterocycles. The van der Waals surface area contributed by atoms with E-state index in [1.165, 1.54) is 270 Å². The summed E-state index contributed by atoms with van der Waals surface area (Å²) in [5, 5.41) is 0. The minimum Gasteiger partial charge on any atom is -0.353 e. The predicted molar refractivity (Wildman–Crippen MR) is 344 cm³/mol. The maximum atomic E-state index is 6.68. The second-order valence-electron chi connectivity index (χ2n) is 23.8. The fraction of sp³-hybridized carbons (Fsp3) is 0.944. The number of allylic oxidation sites excluding steroid dienone is 2. The van der Waals surface area contributed by atoms with Gasteiger partial charge in [-0.2, -0.15) is 0 Å². The van der Waals surface area contributed by atoms with Crippen LogP contribution in [0.4, 0.5) is 0 Å². The highest BCUT2D eigenvalue weighted by Gasteiger charge is 2.15. The van der Waals surface area contributed by atoms with E-state index in [9.17, 15) is 0 Å². The van der Waals surface area contributed by atoms with Gasteiger partial charge in [-0.15, -0.1) is 0 Å². The van der Waals surface area contributed by atoms with Crippen molar-refractivity contribution >= 4 is 0 Å². The minimum absolute atomic E-state index is 0.0178. The van der Waals surface area contributed by atoms with Gasteiger partial charge in [0.1, 0.15) is 0 Å². The molecule has 7 heteroatoms. The first-order chi connectivity index (χ1) is 39.1. The summed E-state index contributed by atoms with van der Waals surface area (Å²) < 4.78 is 44.8. The van der Waals surface area contributed by atoms with Crippen LogP contribution in [0.2, 0.25) is 0 Å². The van der Waals surface area contributed by atoms with Gasteiger partial charge in [0.15, 0.2) is 25.2 Å². The van der Waals surface area contributed by atoms with Crippen molar-refractivity contribution in [2.75, 3.05) is 39.6 Å². The molecule has 0 spiro atoms. The summed E-state index contributed by atoms with van der Waals surface area (Å²) in [4.78, 5) is 0. The van der Waals surface area contributed by atoms with E-state index in [-0.39, 0.29) is 25.2 Å². The highest BCUT2D eigenvalue weighted by molar-refractivity contribution is 4.90. The molecule has 472 valence electrons. The van der Waals surface area contributed by atoms with Crippen LogP contribution >= 0.6 is 0 Å². The molecule has 0 N–H and O–H groups in total. The lowest BCUT2D eigenvalue weighted by atomic mass is 10.1. The van der Waals surface area contributed by atoms with E-state index in [2.05, 4.69) is 65.8 Å². The second-order valence-corrected chi connectivity index (χ2v) is 23.8. The summed E-state index contributed by atoms with van der Waals surface area (Å²) in [7, 11) is 0. The zero-order valence-corrected chi connectivity index (χ0v) is 54.5. The van der Waals surface area contributed by atoms with Gasteiger partial charge < -0.3 is 33.2 Å². The monoisotopic (exact) mass is 1120 g/mol. The SMILES string of the molecule is CCCCCCCCCOC(C=CCCCCCCCCCC(OCCCCCCC)OCCCCCCC)OC(C=CCCCCCCCCCC(OCCCCCCC)OCCCCCCC)OCCCCCCCCC. The van der Waals surface area contributed by atoms with Crippen molar-refractivity contribution in [3.05, 3.63) is 24.3 Å². The number of unbranched alkanes of at least 4 members (excludes halogenated alkanes) is 42. The van der Waals surface area contributed by atoms with Crippen molar-refractivity contribution < 1.29 is 33.2 Å². The molecule has 0 saturated heterocycles. The Morgan fingerprint density at radius 3 is 0.671 bits per heavy atom. The molecule has 0 saturated carbocycles. The van der Waals surface area contributed by atoms with E-state index in [1.807, 2.05) is 0 Å². The molecule has 0 aromatic carbocycles. The van der Waals surface area contributed by atoms with Gasteiger partial charge in [0.25, 0.3) is 0 Å². The van der Waals surface area contributed by atoms with Gasteiger partial charge in [-0.05, 0) is 102 Å². The zero-order valence-electron chi connectivity index (χ0n) is 54.5. The molecule has 0 bridgehead atoms. The van der Waals surface area contributed by atoms with Crippen molar-refractivity contribution in [2.45, 2.75) is 401 Å². The third-order valence-electron chi connectivity index (χ3n) is 15.7. The van der Waals surface area contributed by atoms with Gasteiger partial charge in [0.2, 0.25) is 0 Å². The van der Waals surface area contributed by atoms with E-state index < -0.39 is 0 Å². The van der Waals surface area contributed by atoms with Crippen LogP contribution in [0.5, 0.6) is 0 Å². The van der Waals surface area contributed by atoms with E-state index in [1.54, 1.807) is 0 Å². The first-order valence-corrected chi connectivity index (χ1v) is 35.8. The van der Waals surface area contributed by atoms with Gasteiger partial charge in [0, 0.05) is 26.4 Å². The molecular formula is C72H142O7. The van der Waals surface area contributed by atoms with Crippen LogP contribution in [-0.2, 0) is 33.2 Å². The standard InChI is InChI=1S/C72H142O7/c1-7-13-19-25-37-47-57-67-77-71(61-51-41-35-31-27-29-33-39-49-59-69(73-63-53-43-21-15-9-3)74-64-54-44-22-16-10-4)79-72(78-68-58-48-38-26-20-14-8-2)62-52-42-36-32-28-30-34-40-50-60-70(75-65-55-45-23-17-11-5)76-66-56-46-24-18-12-6/h51-52,61-62,69-72H,7-50,53-60,63-68H2,1-6H3. The summed E-state index contributed by atoms with van der Waals surface area (Å²) in [6, 6.07) is 0. The maximum absolute atomic E-state index is 6.68. The molecule has 2 unspecified atom stereocenters. The molecular weight excluding hydrogens is 977 g/mol. The molecule has 0 aliphatic rings. The molecule has 0 aliphatic carbocycles. The van der Waals surface area contributed by atoms with Crippen molar-refractivity contribution in [3.8, 4) is 0 Å². The number of ether oxygens (including phenoxy) is 7. The highest BCUT2D eigenvalue weighted by Crippen LogP contribution is 2.19. The number of rotatable bonds is 70. The van der Waals surface area contributed by atoms with Crippen molar-refractivity contribution in [3.63, 3.8) is 0 Å². The van der Waals surface area contributed by atoms with E-state index in [4.69, 9.17) is 33.2 Å². The summed E-state index contributed by atoms with van der Waals surface area (Å²) in [5.41, 5.74) is 0. The quantitative estimate of drug-likeness (QED) is 0.0342. The van der Waals surface area contributed by atoms with E-state index in [0.717, 1.165) is 104 Å². The topological polar surface area (TPSA) is 64.6 Å². The fourth-order valence-electron chi connectivity index (χ4n) is 10.4. The lowest BCUT2D eigenvalue weighted by Crippen LogP contribution is -2.25. The molecule has 0 radical (unpaired) electrons. The summed E-state index contributed by atoms with van der Waals surface area (Å²) >= 11 is 0. The Hall–Kier alpha value is -0.800. The van der Waals surface area contributed by atoms with Gasteiger partial charge in [-0.1, -0.05) is 298 Å². The lowest BCUT2D eigenvalue weighted by Gasteiger charge is -2.22. The van der Waals surface area contributed by atoms with E-state index in [0.29, 0.717) is 0 Å². The molecule has 0 aromatic rings. The maximum Gasteiger partial charge on any atom is 0.180 e. The Bertz CT molecular complexity index is 1030. The molecule has 2 atom stereocenters. The normalized spacial score (nSPS) is 13.0. The second kappa shape index (κ2) is 69.7. The fourth-order valence-corrected chi connectivity index (χ4v) is 10.4. The summed E-state index contributed by atoms with van der Waals surface area (Å²) in [6.07, 6.45) is 73.5. The Balaban J connectivity index is 5.10. The highest BCUT2D eigenvalue weighted by atomic mass is 16.8. The van der Waals surface area contributed by atoms with Crippen LogP contribution < -0.4 is 0 Å². The van der Waals surface area contributed by atoms with Crippen LogP contribution in [0.1, 0.15) is 375 Å². The first-order valence-electron chi connectivity index (χ1n) is 35.8. The van der Waals surface area contributed by atoms with Gasteiger partial charge in [0.05, 0.1) is 13.2 Å². The molecule has 0 heterocycles. The van der Waals surface area contributed by atoms with Crippen LogP contribution in [0.25, 0.3) is 0 Å². The molecule has 0 rings (SSSR count). The summed E-state index contributed by atoms with van der Waals surface area (Å²) in [6.45, 7) is 18.5. The molecule has 7 nitrogen and oxygen atoms in total. The summed E-state index contributed by atoms with van der Waals surface area (Å²) in [5.74, 6) is 0. The average Bonchev–Trinajstić information content (AvgIpc) is 3.45. The largest absolute Gasteiger partial charge is 0.353 e. The van der Waals surface area contributed by atoms with Crippen LogP contribution in [-0.4, -0.2) is 64.8 Å². The van der Waals surface area contributed by atoms with Crippen molar-refractivity contribution in [1.29, 1.82) is 0 Å². The smallest absolute Gasteiger partial charge is 0.180 e. The molecule has 0 fully saturated rings. The van der Waals surface area contributed by atoms with Gasteiger partial charge >= 0.3 is 0 Å². The predicted octanol–water partition coefficient (Wildman–Crippen LogP) is 23.9. The van der Waals surface area contributed by atoms with Crippen molar-refractivity contribution in [1.82, 2.24) is 0 Å². The van der Waals surface area contributed by atoms with E-state index >= 15 is 0 Å². The third-order valence-corrected chi connectivity index (χ3v) is 15.7. The minimum atomic E-state index is -0.387. The lowest BCUT2D eigenvalue weighted by molar-refractivity contribution is -0.208. The first kappa shape index (κ1) is 78.2. The van der Waals surface area contributed by atoms with Gasteiger partial charge in [-0.25, -0.2) is 0 Å². The third kappa shape index (κ3) is 63.1. The number of hydrogen-bond acceptors (Lipinski definition) is 7. The Morgan fingerprint density at radius 1 is 0.215 bits per heavy atom. The van der Waals surface area contributed by atoms with Crippen LogP contribution in [0.15, 0.2) is 24.3 Å². The average molecular weight is 1120 g/mol. The molecule has 79 heavy (non-hydrogen) atoms. The van der Waals surface area contributed by atoms with Crippen LogP contribution in [0.3, 0.4) is 0 Å². The molecule has 0 amide bonds. The van der Waals surface area contributed by atoms with Gasteiger partial charge in [-0.3, -0.25) is 0 Å².